The highest BCUT2D eigenvalue weighted by molar-refractivity contribution is 9.11. The van der Waals surface area contributed by atoms with Gasteiger partial charge in [-0.1, -0.05) is 0 Å². The standard InChI is InChI=1S/C11H14Br2N2O2/c12-8-3-10(13)11(15-4-8)6-14-5-9-7-16-1-2-17-9/h3-4,9,14H,1-2,5-7H2. The predicted octanol–water partition coefficient (Wildman–Crippen LogP) is 2.11. The number of ether oxygens (including phenoxy) is 2. The lowest BCUT2D eigenvalue weighted by molar-refractivity contribution is -0.0864. The first-order valence-electron chi connectivity index (χ1n) is 5.45. The van der Waals surface area contributed by atoms with E-state index in [1.165, 1.54) is 0 Å². The lowest BCUT2D eigenvalue weighted by Gasteiger charge is -2.23. The summed E-state index contributed by atoms with van der Waals surface area (Å²) < 4.78 is 12.8. The first-order chi connectivity index (χ1) is 8.25. The van der Waals surface area contributed by atoms with Gasteiger partial charge in [-0.25, -0.2) is 0 Å². The first-order valence-corrected chi connectivity index (χ1v) is 7.04. The lowest BCUT2D eigenvalue weighted by atomic mass is 10.3. The number of hydrogen-bond acceptors (Lipinski definition) is 4. The summed E-state index contributed by atoms with van der Waals surface area (Å²) in [5.74, 6) is 0. The molecule has 0 amide bonds. The smallest absolute Gasteiger partial charge is 0.0933 e. The predicted molar refractivity (Wildman–Crippen MR) is 71.9 cm³/mol. The number of nitrogens with zero attached hydrogens (tertiary/aromatic N) is 1. The van der Waals surface area contributed by atoms with Crippen molar-refractivity contribution in [2.75, 3.05) is 26.4 Å². The van der Waals surface area contributed by atoms with E-state index in [2.05, 4.69) is 42.2 Å². The zero-order valence-corrected chi connectivity index (χ0v) is 12.5. The van der Waals surface area contributed by atoms with E-state index in [4.69, 9.17) is 9.47 Å². The maximum atomic E-state index is 5.54. The molecule has 0 spiro atoms. The molecule has 0 radical (unpaired) electrons. The average Bonchev–Trinajstić information content (AvgIpc) is 2.33. The van der Waals surface area contributed by atoms with Crippen LogP contribution >= 0.6 is 31.9 Å². The molecule has 1 saturated heterocycles. The zero-order chi connectivity index (χ0) is 12.1. The van der Waals surface area contributed by atoms with Crippen LogP contribution in [0.3, 0.4) is 0 Å². The minimum atomic E-state index is 0.151. The third-order valence-corrected chi connectivity index (χ3v) is 3.55. The van der Waals surface area contributed by atoms with Crippen LogP contribution < -0.4 is 5.32 Å². The fourth-order valence-corrected chi connectivity index (χ4v) is 2.71. The highest BCUT2D eigenvalue weighted by atomic mass is 79.9. The molecular weight excluding hydrogens is 352 g/mol. The largest absolute Gasteiger partial charge is 0.376 e. The van der Waals surface area contributed by atoms with Crippen LogP contribution in [0.4, 0.5) is 0 Å². The Hall–Kier alpha value is -0.0100. The van der Waals surface area contributed by atoms with E-state index in [1.807, 2.05) is 6.07 Å². The molecule has 4 nitrogen and oxygen atoms in total. The molecule has 1 fully saturated rings. The van der Waals surface area contributed by atoms with Crippen LogP contribution in [0.5, 0.6) is 0 Å². The van der Waals surface area contributed by atoms with Crippen LogP contribution in [0.1, 0.15) is 5.69 Å². The Kier molecular flexibility index (Phi) is 5.37. The summed E-state index contributed by atoms with van der Waals surface area (Å²) in [6.45, 7) is 3.56. The molecule has 1 aliphatic heterocycles. The van der Waals surface area contributed by atoms with Crippen LogP contribution in [0, 0.1) is 0 Å². The molecule has 17 heavy (non-hydrogen) atoms. The summed E-state index contributed by atoms with van der Waals surface area (Å²) in [4.78, 5) is 4.33. The number of halogens is 2. The number of rotatable bonds is 4. The molecule has 1 unspecified atom stereocenters. The highest BCUT2D eigenvalue weighted by Crippen LogP contribution is 2.19. The highest BCUT2D eigenvalue weighted by Gasteiger charge is 2.13. The van der Waals surface area contributed by atoms with E-state index >= 15 is 0 Å². The molecule has 1 aromatic heterocycles. The van der Waals surface area contributed by atoms with Gasteiger partial charge in [-0.3, -0.25) is 4.98 Å². The quantitative estimate of drug-likeness (QED) is 0.887. The molecule has 1 aromatic rings. The summed E-state index contributed by atoms with van der Waals surface area (Å²) in [6, 6.07) is 1.99. The topological polar surface area (TPSA) is 43.4 Å². The maximum Gasteiger partial charge on any atom is 0.0933 e. The van der Waals surface area contributed by atoms with Gasteiger partial charge in [0.25, 0.3) is 0 Å². The Morgan fingerprint density at radius 2 is 2.29 bits per heavy atom. The minimum Gasteiger partial charge on any atom is -0.376 e. The van der Waals surface area contributed by atoms with Gasteiger partial charge in [0.2, 0.25) is 0 Å². The summed E-state index contributed by atoms with van der Waals surface area (Å²) in [5.41, 5.74) is 0.991. The SMILES string of the molecule is Brc1cnc(CNCC2COCCO2)c(Br)c1. The van der Waals surface area contributed by atoms with Gasteiger partial charge in [0.15, 0.2) is 0 Å². The maximum absolute atomic E-state index is 5.54. The summed E-state index contributed by atoms with van der Waals surface area (Å²) in [6.07, 6.45) is 1.94. The summed E-state index contributed by atoms with van der Waals surface area (Å²) in [5, 5.41) is 3.32. The normalized spacial score (nSPS) is 20.5. The lowest BCUT2D eigenvalue weighted by Crippen LogP contribution is -2.37. The molecule has 94 valence electrons. The Balaban J connectivity index is 1.77. The van der Waals surface area contributed by atoms with Crippen molar-refractivity contribution in [2.45, 2.75) is 12.6 Å². The van der Waals surface area contributed by atoms with Crippen molar-refractivity contribution in [1.82, 2.24) is 10.3 Å². The van der Waals surface area contributed by atoms with Crippen molar-refractivity contribution < 1.29 is 9.47 Å². The van der Waals surface area contributed by atoms with Gasteiger partial charge in [0.05, 0.1) is 31.6 Å². The van der Waals surface area contributed by atoms with Crippen molar-refractivity contribution in [3.63, 3.8) is 0 Å². The fourth-order valence-electron chi connectivity index (χ4n) is 1.58. The first kappa shape index (κ1) is 13.4. The van der Waals surface area contributed by atoms with Crippen molar-refractivity contribution >= 4 is 31.9 Å². The molecule has 0 bridgehead atoms. The molecule has 0 saturated carbocycles. The van der Waals surface area contributed by atoms with Crippen molar-refractivity contribution in [3.8, 4) is 0 Å². The average molecular weight is 366 g/mol. The van der Waals surface area contributed by atoms with Crippen LogP contribution in [-0.4, -0.2) is 37.5 Å². The molecule has 1 atom stereocenters. The molecule has 1 aliphatic rings. The van der Waals surface area contributed by atoms with E-state index < -0.39 is 0 Å². The second kappa shape index (κ2) is 6.80. The van der Waals surface area contributed by atoms with Gasteiger partial charge >= 0.3 is 0 Å². The van der Waals surface area contributed by atoms with E-state index in [0.29, 0.717) is 26.4 Å². The van der Waals surface area contributed by atoms with Gasteiger partial charge in [-0.15, -0.1) is 0 Å². The summed E-state index contributed by atoms with van der Waals surface area (Å²) in [7, 11) is 0. The van der Waals surface area contributed by atoms with E-state index in [1.54, 1.807) is 6.20 Å². The molecule has 2 rings (SSSR count). The monoisotopic (exact) mass is 364 g/mol. The van der Waals surface area contributed by atoms with Crippen LogP contribution in [-0.2, 0) is 16.0 Å². The van der Waals surface area contributed by atoms with Crippen molar-refractivity contribution in [1.29, 1.82) is 0 Å². The molecule has 0 aromatic carbocycles. The van der Waals surface area contributed by atoms with E-state index in [-0.39, 0.29) is 6.10 Å². The van der Waals surface area contributed by atoms with Gasteiger partial charge in [-0.2, -0.15) is 0 Å². The molecule has 1 N–H and O–H groups in total. The number of nitrogens with one attached hydrogen (secondary N) is 1. The number of pyridine rings is 1. The van der Waals surface area contributed by atoms with Crippen LogP contribution in [0.15, 0.2) is 21.2 Å². The van der Waals surface area contributed by atoms with Gasteiger partial charge in [-0.05, 0) is 37.9 Å². The van der Waals surface area contributed by atoms with E-state index in [0.717, 1.165) is 21.2 Å². The Morgan fingerprint density at radius 3 is 3.00 bits per heavy atom. The Labute approximate surface area is 117 Å². The molecular formula is C11H14Br2N2O2. The molecule has 2 heterocycles. The number of aromatic nitrogens is 1. The number of hydrogen-bond donors (Lipinski definition) is 1. The minimum absolute atomic E-state index is 0.151. The third-order valence-electron chi connectivity index (χ3n) is 2.43. The van der Waals surface area contributed by atoms with Crippen molar-refractivity contribution in [2.24, 2.45) is 0 Å². The molecule has 0 aliphatic carbocycles. The van der Waals surface area contributed by atoms with Crippen LogP contribution in [0.25, 0.3) is 0 Å². The Morgan fingerprint density at radius 1 is 1.41 bits per heavy atom. The molecule has 6 heteroatoms. The summed E-state index contributed by atoms with van der Waals surface area (Å²) >= 11 is 6.86. The zero-order valence-electron chi connectivity index (χ0n) is 9.29. The fraction of sp³-hybridized carbons (Fsp3) is 0.545. The van der Waals surface area contributed by atoms with Crippen molar-refractivity contribution in [3.05, 3.63) is 26.9 Å². The van der Waals surface area contributed by atoms with Gasteiger partial charge < -0.3 is 14.8 Å². The van der Waals surface area contributed by atoms with Crippen LogP contribution in [0.2, 0.25) is 0 Å². The Bertz CT molecular complexity index is 370. The van der Waals surface area contributed by atoms with Gasteiger partial charge in [0.1, 0.15) is 0 Å². The second-order valence-electron chi connectivity index (χ2n) is 3.78. The third kappa shape index (κ3) is 4.30. The second-order valence-corrected chi connectivity index (χ2v) is 5.55. The van der Waals surface area contributed by atoms with E-state index in [9.17, 15) is 0 Å². The van der Waals surface area contributed by atoms with Gasteiger partial charge in [0, 0.05) is 28.2 Å².